The van der Waals surface area contributed by atoms with Crippen molar-refractivity contribution >= 4 is 40.6 Å². The van der Waals surface area contributed by atoms with Gasteiger partial charge in [-0.25, -0.2) is 0 Å². The van der Waals surface area contributed by atoms with Gasteiger partial charge in [-0.15, -0.1) is 0 Å². The van der Waals surface area contributed by atoms with Crippen molar-refractivity contribution < 1.29 is 19.2 Å². The first-order chi connectivity index (χ1) is 18.2. The number of benzene rings is 3. The molecule has 0 bridgehead atoms. The Morgan fingerprint density at radius 1 is 0.868 bits per heavy atom. The van der Waals surface area contributed by atoms with Crippen LogP contribution in [0.5, 0.6) is 0 Å². The van der Waals surface area contributed by atoms with E-state index in [1.54, 1.807) is 24.3 Å². The molecule has 0 fully saturated rings. The highest BCUT2D eigenvalue weighted by Crippen LogP contribution is 2.29. The molecule has 0 unspecified atom stereocenters. The van der Waals surface area contributed by atoms with Gasteiger partial charge >= 0.3 is 0 Å². The number of ketones is 1. The van der Waals surface area contributed by atoms with E-state index < -0.39 is 23.6 Å². The fourth-order valence-corrected chi connectivity index (χ4v) is 4.62. The molecule has 38 heavy (non-hydrogen) atoms. The van der Waals surface area contributed by atoms with Crippen LogP contribution >= 0.6 is 0 Å². The third-order valence-electron chi connectivity index (χ3n) is 6.58. The van der Waals surface area contributed by atoms with Crippen molar-refractivity contribution in [1.29, 1.82) is 0 Å². The van der Waals surface area contributed by atoms with Crippen molar-refractivity contribution in [3.63, 3.8) is 0 Å². The second-order valence-electron chi connectivity index (χ2n) is 9.86. The predicted octanol–water partition coefficient (Wildman–Crippen LogP) is 3.97. The van der Waals surface area contributed by atoms with Gasteiger partial charge in [0.1, 0.15) is 12.6 Å². The summed E-state index contributed by atoms with van der Waals surface area (Å²) in [5, 5.41) is 2.95. The molecular formula is C30H32N4O4. The molecule has 1 heterocycles. The molecule has 3 aromatic rings. The van der Waals surface area contributed by atoms with E-state index in [1.165, 1.54) is 9.80 Å². The molecule has 196 valence electrons. The number of Topliss-reactive ketones (excluding diaryl/α,β-unsaturated/α-hetero) is 1. The number of nitrogens with zero attached hydrogens (tertiary/aromatic N) is 3. The highest BCUT2D eigenvalue weighted by atomic mass is 16.2. The lowest BCUT2D eigenvalue weighted by atomic mass is 10.00. The summed E-state index contributed by atoms with van der Waals surface area (Å²) in [4.78, 5) is 57.3. The van der Waals surface area contributed by atoms with E-state index in [0.29, 0.717) is 11.4 Å². The zero-order valence-corrected chi connectivity index (χ0v) is 22.0. The summed E-state index contributed by atoms with van der Waals surface area (Å²) < 4.78 is 0. The zero-order chi connectivity index (χ0) is 27.4. The van der Waals surface area contributed by atoms with Crippen molar-refractivity contribution in [2.45, 2.75) is 26.4 Å². The average molecular weight is 513 g/mol. The number of rotatable bonds is 9. The summed E-state index contributed by atoms with van der Waals surface area (Å²) in [6.07, 6.45) is 0. The largest absolute Gasteiger partial charge is 0.378 e. The van der Waals surface area contributed by atoms with Gasteiger partial charge in [0.25, 0.3) is 11.7 Å². The van der Waals surface area contributed by atoms with Crippen LogP contribution in [-0.4, -0.2) is 55.1 Å². The van der Waals surface area contributed by atoms with Crippen LogP contribution in [0.1, 0.15) is 29.8 Å². The van der Waals surface area contributed by atoms with Crippen LogP contribution < -0.4 is 15.1 Å². The van der Waals surface area contributed by atoms with E-state index >= 15 is 0 Å². The smallest absolute Gasteiger partial charge is 0.299 e. The number of anilines is 3. The summed E-state index contributed by atoms with van der Waals surface area (Å²) in [6, 6.07) is 22.6. The Bertz CT molecular complexity index is 1340. The van der Waals surface area contributed by atoms with Gasteiger partial charge in [-0.05, 0) is 47.9 Å². The molecule has 0 radical (unpaired) electrons. The lowest BCUT2D eigenvalue weighted by Crippen LogP contribution is -2.53. The summed E-state index contributed by atoms with van der Waals surface area (Å²) in [5.41, 5.74) is 3.14. The molecule has 0 saturated carbocycles. The van der Waals surface area contributed by atoms with Gasteiger partial charge in [-0.1, -0.05) is 56.3 Å². The van der Waals surface area contributed by atoms with E-state index in [9.17, 15) is 19.2 Å². The first-order valence-electron chi connectivity index (χ1n) is 12.5. The first-order valence-corrected chi connectivity index (χ1v) is 12.5. The molecule has 4 rings (SSSR count). The van der Waals surface area contributed by atoms with Gasteiger partial charge < -0.3 is 15.1 Å². The molecule has 1 atom stereocenters. The molecule has 1 aliphatic rings. The van der Waals surface area contributed by atoms with Gasteiger partial charge in [-0.2, -0.15) is 0 Å². The van der Waals surface area contributed by atoms with Crippen molar-refractivity contribution in [2.75, 3.05) is 35.8 Å². The topological polar surface area (TPSA) is 90.0 Å². The number of para-hydroxylation sites is 1. The minimum Gasteiger partial charge on any atom is -0.378 e. The molecule has 1 aliphatic heterocycles. The fraction of sp³-hybridized carbons (Fsp3) is 0.267. The third-order valence-corrected chi connectivity index (χ3v) is 6.58. The van der Waals surface area contributed by atoms with Crippen LogP contribution in [0.15, 0.2) is 78.9 Å². The number of fused-ring (bicyclic) bond motifs is 1. The van der Waals surface area contributed by atoms with Crippen molar-refractivity contribution in [2.24, 2.45) is 5.92 Å². The summed E-state index contributed by atoms with van der Waals surface area (Å²) in [7, 11) is 3.87. The standard InChI is InChI=1S/C30H32N4O4/c1-20(2)27(29(37)31-22-14-16-23(17-15-22)32(3)4)34(18-21-10-6-5-7-11-21)26(35)19-33-25-13-9-8-12-24(25)28(36)30(33)38/h5-17,20,27H,18-19H2,1-4H3,(H,31,37)/t27-/m1/s1. The predicted molar refractivity (Wildman–Crippen MR) is 148 cm³/mol. The zero-order valence-electron chi connectivity index (χ0n) is 22.0. The maximum absolute atomic E-state index is 13.8. The number of carbonyl (C=O) groups excluding carboxylic acids is 4. The van der Waals surface area contributed by atoms with Crippen molar-refractivity contribution in [3.8, 4) is 0 Å². The number of hydrogen-bond acceptors (Lipinski definition) is 5. The Labute approximate surface area is 222 Å². The molecule has 8 heteroatoms. The van der Waals surface area contributed by atoms with E-state index in [2.05, 4.69) is 5.32 Å². The minimum atomic E-state index is -0.820. The maximum Gasteiger partial charge on any atom is 0.299 e. The molecule has 1 N–H and O–H groups in total. The van der Waals surface area contributed by atoms with Gasteiger partial charge in [-0.3, -0.25) is 24.1 Å². The first kappa shape index (κ1) is 26.6. The lowest BCUT2D eigenvalue weighted by Gasteiger charge is -2.34. The molecule has 0 aliphatic carbocycles. The molecule has 0 saturated heterocycles. The van der Waals surface area contributed by atoms with Crippen LogP contribution in [0, 0.1) is 5.92 Å². The van der Waals surface area contributed by atoms with Gasteiger partial charge in [0.05, 0.1) is 11.3 Å². The molecule has 3 amide bonds. The number of amides is 3. The van der Waals surface area contributed by atoms with Crippen LogP contribution in [0.4, 0.5) is 17.1 Å². The van der Waals surface area contributed by atoms with Crippen molar-refractivity contribution in [1.82, 2.24) is 4.90 Å². The molecule has 8 nitrogen and oxygen atoms in total. The summed E-state index contributed by atoms with van der Waals surface area (Å²) >= 11 is 0. The lowest BCUT2D eigenvalue weighted by molar-refractivity contribution is -0.140. The normalized spacial score (nSPS) is 13.3. The van der Waals surface area contributed by atoms with Gasteiger partial charge in [0.15, 0.2) is 0 Å². The number of carbonyl (C=O) groups is 4. The Kier molecular flexibility index (Phi) is 7.90. The summed E-state index contributed by atoms with van der Waals surface area (Å²) in [5.74, 6) is -2.37. The van der Waals surface area contributed by atoms with E-state index in [0.717, 1.165) is 11.3 Å². The molecular weight excluding hydrogens is 480 g/mol. The number of hydrogen-bond donors (Lipinski definition) is 1. The quantitative estimate of drug-likeness (QED) is 0.438. The Morgan fingerprint density at radius 3 is 2.13 bits per heavy atom. The van der Waals surface area contributed by atoms with Crippen LogP contribution in [0.25, 0.3) is 0 Å². The second kappa shape index (κ2) is 11.3. The molecule has 3 aromatic carbocycles. The van der Waals surface area contributed by atoms with E-state index in [-0.39, 0.29) is 30.5 Å². The van der Waals surface area contributed by atoms with Crippen LogP contribution in [0.3, 0.4) is 0 Å². The van der Waals surface area contributed by atoms with E-state index in [4.69, 9.17) is 0 Å². The van der Waals surface area contributed by atoms with Gasteiger partial charge in [0.2, 0.25) is 11.8 Å². The minimum absolute atomic E-state index is 0.174. The average Bonchev–Trinajstić information content (AvgIpc) is 3.14. The Balaban J connectivity index is 1.63. The maximum atomic E-state index is 13.8. The van der Waals surface area contributed by atoms with Crippen LogP contribution in [0.2, 0.25) is 0 Å². The Morgan fingerprint density at radius 2 is 1.50 bits per heavy atom. The van der Waals surface area contributed by atoms with Crippen LogP contribution in [-0.2, 0) is 20.9 Å². The fourth-order valence-electron chi connectivity index (χ4n) is 4.62. The Hall–Kier alpha value is -4.46. The van der Waals surface area contributed by atoms with E-state index in [1.807, 2.05) is 87.4 Å². The highest BCUT2D eigenvalue weighted by Gasteiger charge is 2.39. The highest BCUT2D eigenvalue weighted by molar-refractivity contribution is 6.52. The summed E-state index contributed by atoms with van der Waals surface area (Å²) in [6.45, 7) is 3.59. The van der Waals surface area contributed by atoms with Crippen molar-refractivity contribution in [3.05, 3.63) is 90.0 Å². The van der Waals surface area contributed by atoms with Gasteiger partial charge in [0, 0.05) is 32.0 Å². The molecule has 0 spiro atoms. The molecule has 0 aromatic heterocycles. The SMILES string of the molecule is CC(C)[C@H](C(=O)Nc1ccc(N(C)C)cc1)N(Cc1ccccc1)C(=O)CN1C(=O)C(=O)c2ccccc21. The monoisotopic (exact) mass is 512 g/mol. The third kappa shape index (κ3) is 5.59. The number of nitrogens with one attached hydrogen (secondary N) is 1. The second-order valence-corrected chi connectivity index (χ2v) is 9.86.